The van der Waals surface area contributed by atoms with Crippen LogP contribution in [0.4, 0.5) is 4.79 Å². The van der Waals surface area contributed by atoms with Gasteiger partial charge >= 0.3 is 6.09 Å². The van der Waals surface area contributed by atoms with Crippen LogP contribution in [0.5, 0.6) is 0 Å². The number of hydrogen-bond donors (Lipinski definition) is 3. The third-order valence-corrected chi connectivity index (χ3v) is 10.1. The Bertz CT molecular complexity index is 2090. The van der Waals surface area contributed by atoms with Crippen molar-refractivity contribution < 1.29 is 28.9 Å². The van der Waals surface area contributed by atoms with Crippen LogP contribution in [0, 0.1) is 0 Å². The van der Waals surface area contributed by atoms with E-state index in [0.717, 1.165) is 71.6 Å². The smallest absolute Gasteiger partial charge is 0.407 e. The average molecular weight is 749 g/mol. The Balaban J connectivity index is 0.993. The Labute approximate surface area is 317 Å². The molecule has 7 rings (SSSR count). The SMILES string of the molecule is COO/C=N\[C@@H](C)C(=O)N1CCC[C@H]1c1ncc(-c2ccc(-c3ccc(-c4cnc([C@@H]5CCCN5C(=O)[C@@H](Cn5cccn5)NC(=O)OC)[nH]4)cc3)cc2)[nH]1. The van der Waals surface area contributed by atoms with E-state index in [9.17, 15) is 14.4 Å². The van der Waals surface area contributed by atoms with Crippen molar-refractivity contribution in [3.05, 3.63) is 91.0 Å². The van der Waals surface area contributed by atoms with Crippen molar-refractivity contribution in [2.75, 3.05) is 27.3 Å². The molecular formula is C39H44N10O6. The molecule has 2 fully saturated rings. The predicted molar refractivity (Wildman–Crippen MR) is 202 cm³/mol. The van der Waals surface area contributed by atoms with Gasteiger partial charge in [-0.2, -0.15) is 9.99 Å². The first kappa shape index (κ1) is 37.0. The number of alkyl carbamates (subject to hydrolysis) is 1. The molecule has 55 heavy (non-hydrogen) atoms. The molecule has 286 valence electrons. The standard InChI is InChI=1S/C39H44N10O6/c1-25(42-24-55-54-3)37(50)48-19-4-7-33(48)35-40-21-30(44-35)28-13-9-26(10-14-28)27-11-15-29(16-12-27)31-22-41-36(45-31)34-8-5-20-49(34)38(51)32(46-39(52)53-2)23-47-18-6-17-43-47/h6,9-18,21-22,24-25,32-34H,4-5,7-8,19-20,23H2,1-3H3,(H,40,44)(H,41,45)(H,46,52)/b42-24-/t25-,32+,33-,34-/m0/s1. The fourth-order valence-corrected chi connectivity index (χ4v) is 7.26. The Morgan fingerprint density at radius 3 is 1.91 bits per heavy atom. The number of benzene rings is 2. The topological polar surface area (TPSA) is 185 Å². The number of hydrogen-bond acceptors (Lipinski definition) is 10. The van der Waals surface area contributed by atoms with Crippen LogP contribution >= 0.6 is 0 Å². The quantitative estimate of drug-likeness (QED) is 0.0640. The van der Waals surface area contributed by atoms with Gasteiger partial charge in [-0.3, -0.25) is 14.3 Å². The van der Waals surface area contributed by atoms with Gasteiger partial charge in [0, 0.05) is 25.5 Å². The maximum Gasteiger partial charge on any atom is 0.407 e. The molecule has 0 aliphatic carbocycles. The second-order valence-electron chi connectivity index (χ2n) is 13.5. The van der Waals surface area contributed by atoms with Crippen LogP contribution in [0.25, 0.3) is 33.6 Å². The molecule has 4 atom stereocenters. The normalized spacial score (nSPS) is 18.1. The highest BCUT2D eigenvalue weighted by Gasteiger charge is 2.37. The number of imidazole rings is 2. The van der Waals surface area contributed by atoms with Crippen LogP contribution in [0.2, 0.25) is 0 Å². The Morgan fingerprint density at radius 2 is 1.40 bits per heavy atom. The molecule has 3 N–H and O–H groups in total. The van der Waals surface area contributed by atoms with E-state index in [1.165, 1.54) is 14.2 Å². The second kappa shape index (κ2) is 16.8. The van der Waals surface area contributed by atoms with E-state index in [2.05, 4.69) is 81.5 Å². The van der Waals surface area contributed by atoms with E-state index in [-0.39, 0.29) is 30.4 Å². The molecule has 3 aromatic heterocycles. The van der Waals surface area contributed by atoms with Crippen LogP contribution in [-0.2, 0) is 30.6 Å². The van der Waals surface area contributed by atoms with E-state index >= 15 is 0 Å². The molecule has 2 saturated heterocycles. The number of nitrogens with one attached hydrogen (secondary N) is 3. The molecule has 3 amide bonds. The second-order valence-corrected chi connectivity index (χ2v) is 13.5. The summed E-state index contributed by atoms with van der Waals surface area (Å²) in [7, 11) is 2.65. The molecule has 0 saturated carbocycles. The Kier molecular flexibility index (Phi) is 11.3. The number of carbonyl (C=O) groups excluding carboxylic acids is 3. The van der Waals surface area contributed by atoms with Gasteiger partial charge in [-0.25, -0.2) is 19.8 Å². The lowest BCUT2D eigenvalue weighted by molar-refractivity contribution is -0.188. The largest absolute Gasteiger partial charge is 0.453 e. The number of H-pyrrole nitrogens is 2. The predicted octanol–water partition coefficient (Wildman–Crippen LogP) is 5.08. The number of rotatable bonds is 13. The maximum atomic E-state index is 13.7. The highest BCUT2D eigenvalue weighted by Crippen LogP contribution is 2.34. The Hall–Kier alpha value is -6.29. The minimum atomic E-state index is -0.848. The Morgan fingerprint density at radius 1 is 0.855 bits per heavy atom. The van der Waals surface area contributed by atoms with Crippen LogP contribution in [0.15, 0.2) is 84.4 Å². The number of aromatic amines is 2. The molecule has 2 aromatic carbocycles. The fraction of sp³-hybridized carbons (Fsp3) is 0.359. The van der Waals surface area contributed by atoms with Crippen molar-refractivity contribution >= 4 is 24.3 Å². The summed E-state index contributed by atoms with van der Waals surface area (Å²) in [6.07, 6.45) is 10.7. The number of aromatic nitrogens is 6. The lowest BCUT2D eigenvalue weighted by Gasteiger charge is -2.28. The summed E-state index contributed by atoms with van der Waals surface area (Å²) in [4.78, 5) is 72.1. The minimum Gasteiger partial charge on any atom is -0.453 e. The fourth-order valence-electron chi connectivity index (χ4n) is 7.26. The van der Waals surface area contributed by atoms with Gasteiger partial charge in [-0.1, -0.05) is 48.5 Å². The molecule has 0 bridgehead atoms. The summed E-state index contributed by atoms with van der Waals surface area (Å²) < 4.78 is 6.40. The van der Waals surface area contributed by atoms with Crippen molar-refractivity contribution in [2.24, 2.45) is 4.99 Å². The molecule has 2 aliphatic heterocycles. The lowest BCUT2D eigenvalue weighted by atomic mass is 10.0. The van der Waals surface area contributed by atoms with Crippen molar-refractivity contribution in [3.63, 3.8) is 0 Å². The molecule has 2 aliphatic rings. The number of aliphatic imine (C=N–C) groups is 1. The monoisotopic (exact) mass is 748 g/mol. The molecule has 16 nitrogen and oxygen atoms in total. The summed E-state index contributed by atoms with van der Waals surface area (Å²) in [5.74, 6) is 1.14. The molecule has 5 heterocycles. The summed E-state index contributed by atoms with van der Waals surface area (Å²) in [6.45, 7) is 3.11. The zero-order chi connectivity index (χ0) is 38.3. The first-order valence-electron chi connectivity index (χ1n) is 18.3. The summed E-state index contributed by atoms with van der Waals surface area (Å²) in [5, 5.41) is 6.87. The van der Waals surface area contributed by atoms with Crippen LogP contribution in [0.3, 0.4) is 0 Å². The van der Waals surface area contributed by atoms with Crippen LogP contribution in [-0.4, -0.2) is 103 Å². The maximum absolute atomic E-state index is 13.7. The molecule has 16 heteroatoms. The molecule has 0 spiro atoms. The molecule has 0 radical (unpaired) electrons. The van der Waals surface area contributed by atoms with Crippen LogP contribution in [0.1, 0.15) is 56.3 Å². The number of amides is 3. The number of ether oxygens (including phenoxy) is 1. The van der Waals surface area contributed by atoms with E-state index in [4.69, 9.17) is 4.74 Å². The van der Waals surface area contributed by atoms with Gasteiger partial charge in [-0.15, -0.1) is 0 Å². The molecule has 0 unspecified atom stereocenters. The van der Waals surface area contributed by atoms with E-state index in [1.807, 2.05) is 23.2 Å². The third kappa shape index (κ3) is 8.28. The van der Waals surface area contributed by atoms with Crippen LogP contribution < -0.4 is 5.32 Å². The van der Waals surface area contributed by atoms with Crippen molar-refractivity contribution in [1.82, 2.24) is 44.8 Å². The zero-order valence-corrected chi connectivity index (χ0v) is 30.9. The van der Waals surface area contributed by atoms with Crippen molar-refractivity contribution in [3.8, 4) is 33.6 Å². The number of nitrogens with zero attached hydrogens (tertiary/aromatic N) is 7. The van der Waals surface area contributed by atoms with Gasteiger partial charge < -0.3 is 34.7 Å². The number of carbonyl (C=O) groups is 3. The van der Waals surface area contributed by atoms with Gasteiger partial charge in [0.2, 0.25) is 18.2 Å². The van der Waals surface area contributed by atoms with Gasteiger partial charge in [0.15, 0.2) is 0 Å². The number of likely N-dealkylation sites (tertiary alicyclic amines) is 2. The lowest BCUT2D eigenvalue weighted by Crippen LogP contribution is -2.50. The minimum absolute atomic E-state index is 0.0886. The highest BCUT2D eigenvalue weighted by molar-refractivity contribution is 5.86. The first-order valence-corrected chi connectivity index (χ1v) is 18.3. The zero-order valence-electron chi connectivity index (χ0n) is 30.9. The third-order valence-electron chi connectivity index (χ3n) is 10.1. The van der Waals surface area contributed by atoms with Gasteiger partial charge in [0.1, 0.15) is 23.7 Å². The molecule has 5 aromatic rings. The summed E-state index contributed by atoms with van der Waals surface area (Å²) in [5.41, 5.74) is 5.79. The van der Waals surface area contributed by atoms with Crippen molar-refractivity contribution in [2.45, 2.75) is 63.3 Å². The van der Waals surface area contributed by atoms with Gasteiger partial charge in [0.05, 0.1) is 56.6 Å². The summed E-state index contributed by atoms with van der Waals surface area (Å²) in [6, 6.07) is 16.4. The first-order chi connectivity index (χ1) is 26.8. The van der Waals surface area contributed by atoms with E-state index < -0.39 is 18.2 Å². The highest BCUT2D eigenvalue weighted by atomic mass is 17.2. The van der Waals surface area contributed by atoms with E-state index in [1.54, 1.807) is 41.2 Å². The van der Waals surface area contributed by atoms with Gasteiger partial charge in [0.25, 0.3) is 0 Å². The number of methoxy groups -OCH3 is 1. The van der Waals surface area contributed by atoms with Crippen molar-refractivity contribution in [1.29, 1.82) is 0 Å². The van der Waals surface area contributed by atoms with E-state index in [0.29, 0.717) is 18.9 Å². The average Bonchev–Trinajstić information content (AvgIpc) is 4.07. The summed E-state index contributed by atoms with van der Waals surface area (Å²) >= 11 is 0. The molecular weight excluding hydrogens is 704 g/mol. The van der Waals surface area contributed by atoms with Gasteiger partial charge in [-0.05, 0) is 60.9 Å².